The van der Waals surface area contributed by atoms with Gasteiger partial charge in [-0.15, -0.1) is 5.10 Å². The van der Waals surface area contributed by atoms with Gasteiger partial charge in [0.15, 0.2) is 5.76 Å². The maximum absolute atomic E-state index is 13.1. The van der Waals surface area contributed by atoms with Crippen LogP contribution in [-0.4, -0.2) is 65.9 Å². The van der Waals surface area contributed by atoms with Crippen LogP contribution >= 0.6 is 11.3 Å². The number of hydrogen-bond acceptors (Lipinski definition) is 9. The Bertz CT molecular complexity index is 1940. The Kier molecular flexibility index (Phi) is 7.86. The van der Waals surface area contributed by atoms with Crippen molar-refractivity contribution in [1.29, 1.82) is 0 Å². The average molecular weight is 625 g/mol. The normalized spacial score (nSPS) is 13.8. The first-order valence-electron chi connectivity index (χ1n) is 14.7. The minimum atomic E-state index is 0.0298. The van der Waals surface area contributed by atoms with E-state index >= 15 is 0 Å². The molecular weight excluding hydrogens is 592 g/mol. The molecule has 1 aliphatic rings. The van der Waals surface area contributed by atoms with E-state index in [0.29, 0.717) is 58.3 Å². The van der Waals surface area contributed by atoms with E-state index in [9.17, 15) is 4.79 Å². The summed E-state index contributed by atoms with van der Waals surface area (Å²) in [4.78, 5) is 20.3. The lowest BCUT2D eigenvalue weighted by molar-refractivity contribution is 0.0362. The van der Waals surface area contributed by atoms with E-state index in [4.69, 9.17) is 23.4 Å². The van der Waals surface area contributed by atoms with E-state index < -0.39 is 0 Å². The molecule has 1 amide bonds. The molecule has 7 rings (SSSR count). The molecule has 0 radical (unpaired) electrons. The monoisotopic (exact) mass is 624 g/mol. The van der Waals surface area contributed by atoms with Crippen molar-refractivity contribution >= 4 is 33.2 Å². The number of rotatable bonds is 9. The molecule has 0 saturated carbocycles. The molecule has 1 saturated heterocycles. The fraction of sp³-hybridized carbons (Fsp3) is 0.265. The Balaban J connectivity index is 1.08. The molecule has 4 heterocycles. The van der Waals surface area contributed by atoms with E-state index in [1.165, 1.54) is 11.3 Å². The van der Waals surface area contributed by atoms with Crippen molar-refractivity contribution in [3.8, 4) is 39.3 Å². The van der Waals surface area contributed by atoms with E-state index in [1.54, 1.807) is 18.7 Å². The molecule has 3 aromatic heterocycles. The largest absolute Gasteiger partial charge is 0.497 e. The van der Waals surface area contributed by atoms with Crippen LogP contribution in [0.1, 0.15) is 28.8 Å². The maximum Gasteiger partial charge on any atom is 0.294 e. The lowest BCUT2D eigenvalue weighted by atomic mass is 10.0. The molecule has 11 heteroatoms. The summed E-state index contributed by atoms with van der Waals surface area (Å²) in [5.74, 6) is 2.05. The highest BCUT2D eigenvalue weighted by Gasteiger charge is 2.23. The molecule has 0 atom stereocenters. The van der Waals surface area contributed by atoms with Crippen LogP contribution in [0.3, 0.4) is 0 Å². The van der Waals surface area contributed by atoms with Crippen molar-refractivity contribution in [3.63, 3.8) is 0 Å². The fourth-order valence-electron chi connectivity index (χ4n) is 5.60. The molecule has 0 aliphatic carbocycles. The van der Waals surface area contributed by atoms with E-state index in [0.717, 1.165) is 40.7 Å². The van der Waals surface area contributed by atoms with Crippen LogP contribution in [0.15, 0.2) is 77.3 Å². The van der Waals surface area contributed by atoms with Crippen LogP contribution in [-0.2, 0) is 11.3 Å². The maximum atomic E-state index is 13.1. The minimum Gasteiger partial charge on any atom is -0.497 e. The second-order valence-corrected chi connectivity index (χ2v) is 11.8. The molecule has 0 N–H and O–H groups in total. The van der Waals surface area contributed by atoms with Crippen LogP contribution in [0.25, 0.3) is 38.5 Å². The molecule has 6 aromatic rings. The fourth-order valence-corrected chi connectivity index (χ4v) is 6.30. The highest BCUT2D eigenvalue weighted by molar-refractivity contribution is 7.18. The van der Waals surface area contributed by atoms with Crippen LogP contribution in [0.5, 0.6) is 16.7 Å². The topological polar surface area (TPSA) is 101 Å². The number of carbonyl (C=O) groups is 1. The van der Waals surface area contributed by atoms with Gasteiger partial charge in [-0.1, -0.05) is 24.3 Å². The average Bonchev–Trinajstić information content (AvgIpc) is 3.80. The molecule has 10 nitrogen and oxygen atoms in total. The van der Waals surface area contributed by atoms with Crippen molar-refractivity contribution in [2.75, 3.05) is 34.5 Å². The summed E-state index contributed by atoms with van der Waals surface area (Å²) < 4.78 is 30.4. The lowest BCUT2D eigenvalue weighted by Gasteiger charge is -2.31. The summed E-state index contributed by atoms with van der Waals surface area (Å²) in [5.41, 5.74) is 4.94. The summed E-state index contributed by atoms with van der Waals surface area (Å²) in [6, 6.07) is 21.7. The second kappa shape index (κ2) is 12.3. The number of amides is 1. The van der Waals surface area contributed by atoms with Gasteiger partial charge < -0.3 is 28.3 Å². The van der Waals surface area contributed by atoms with Crippen molar-refractivity contribution < 1.29 is 28.2 Å². The van der Waals surface area contributed by atoms with Gasteiger partial charge in [0.25, 0.3) is 11.1 Å². The van der Waals surface area contributed by atoms with E-state index in [2.05, 4.69) is 10.1 Å². The van der Waals surface area contributed by atoms with Gasteiger partial charge in [0, 0.05) is 48.9 Å². The first-order valence-corrected chi connectivity index (χ1v) is 15.5. The molecule has 0 bridgehead atoms. The van der Waals surface area contributed by atoms with Crippen LogP contribution in [0.4, 0.5) is 0 Å². The van der Waals surface area contributed by atoms with Gasteiger partial charge in [0.1, 0.15) is 29.4 Å². The second-order valence-electron chi connectivity index (χ2n) is 10.9. The van der Waals surface area contributed by atoms with Crippen LogP contribution in [0, 0.1) is 0 Å². The van der Waals surface area contributed by atoms with Gasteiger partial charge in [-0.2, -0.15) is 0 Å². The number of nitrogens with zero attached hydrogens (tertiary/aromatic N) is 4. The van der Waals surface area contributed by atoms with Crippen molar-refractivity contribution in [2.24, 2.45) is 0 Å². The molecule has 1 aliphatic heterocycles. The Morgan fingerprint density at radius 1 is 1.00 bits per heavy atom. The van der Waals surface area contributed by atoms with Gasteiger partial charge >= 0.3 is 0 Å². The number of furan rings is 1. The predicted molar refractivity (Wildman–Crippen MR) is 171 cm³/mol. The van der Waals surface area contributed by atoms with E-state index in [1.807, 2.05) is 84.9 Å². The lowest BCUT2D eigenvalue weighted by Crippen LogP contribution is -2.40. The molecular formula is C34H32N4O6S. The SMILES string of the molecule is COc1cc(COc2cccc(-c3ccc(C(=O)N(C)C4CCOCC4)cc3)c2)c2cc(-c3cn4nc(OC)sc4n3)oc2c1. The van der Waals surface area contributed by atoms with Gasteiger partial charge in [-0.25, -0.2) is 9.50 Å². The number of hydrogen-bond donors (Lipinski definition) is 0. The smallest absolute Gasteiger partial charge is 0.294 e. The standard InChI is InChI=1S/C34H32N4O6S/c1-37(25-11-13-42-14-12-25)32(39)22-9-7-21(8-10-22)23-5-4-6-26(15-23)43-20-24-16-27(40-2)17-30-28(24)18-31(44-30)29-19-38-33(35-29)45-34(36-38)41-3/h4-10,15-19,25H,11-14,20H2,1-3H3. The third kappa shape index (κ3) is 5.84. The zero-order valence-electron chi connectivity index (χ0n) is 25.2. The summed E-state index contributed by atoms with van der Waals surface area (Å²) >= 11 is 1.36. The molecule has 0 unspecified atom stereocenters. The van der Waals surface area contributed by atoms with Crippen molar-refractivity contribution in [3.05, 3.63) is 84.1 Å². The highest BCUT2D eigenvalue weighted by atomic mass is 32.1. The molecule has 3 aromatic carbocycles. The Morgan fingerprint density at radius 2 is 1.82 bits per heavy atom. The van der Waals surface area contributed by atoms with Crippen LogP contribution < -0.4 is 14.2 Å². The summed E-state index contributed by atoms with van der Waals surface area (Å²) in [6.45, 7) is 1.70. The number of fused-ring (bicyclic) bond motifs is 2. The van der Waals surface area contributed by atoms with Gasteiger partial charge in [-0.3, -0.25) is 4.79 Å². The zero-order valence-corrected chi connectivity index (χ0v) is 26.0. The number of ether oxygens (including phenoxy) is 4. The third-order valence-electron chi connectivity index (χ3n) is 8.14. The van der Waals surface area contributed by atoms with Gasteiger partial charge in [0.2, 0.25) is 4.96 Å². The number of benzene rings is 3. The molecule has 230 valence electrons. The number of methoxy groups -OCH3 is 2. The third-order valence-corrected chi connectivity index (χ3v) is 9.02. The summed E-state index contributed by atoms with van der Waals surface area (Å²) in [7, 11) is 5.09. The Hall–Kier alpha value is -4.87. The predicted octanol–water partition coefficient (Wildman–Crippen LogP) is 6.72. The Labute approximate surface area is 263 Å². The first kappa shape index (κ1) is 28.9. The first-order chi connectivity index (χ1) is 22.0. The number of imidazole rings is 1. The summed E-state index contributed by atoms with van der Waals surface area (Å²) in [6.07, 6.45) is 3.55. The van der Waals surface area contributed by atoms with Crippen LogP contribution in [0.2, 0.25) is 0 Å². The van der Waals surface area contributed by atoms with Crippen molar-refractivity contribution in [1.82, 2.24) is 19.5 Å². The molecule has 1 fully saturated rings. The minimum absolute atomic E-state index is 0.0298. The van der Waals surface area contributed by atoms with Gasteiger partial charge in [0.05, 0.1) is 20.4 Å². The van der Waals surface area contributed by atoms with Crippen molar-refractivity contribution in [2.45, 2.75) is 25.5 Å². The highest BCUT2D eigenvalue weighted by Crippen LogP contribution is 2.35. The number of aromatic nitrogens is 3. The quantitative estimate of drug-likeness (QED) is 0.175. The Morgan fingerprint density at radius 3 is 2.58 bits per heavy atom. The summed E-state index contributed by atoms with van der Waals surface area (Å²) in [5, 5.41) is 5.81. The number of carbonyl (C=O) groups excluding carboxylic acids is 1. The zero-order chi connectivity index (χ0) is 30.9. The van der Waals surface area contributed by atoms with E-state index in [-0.39, 0.29) is 11.9 Å². The van der Waals surface area contributed by atoms with Gasteiger partial charge in [-0.05, 0) is 71.7 Å². The molecule has 0 spiro atoms. The molecule has 45 heavy (non-hydrogen) atoms.